The van der Waals surface area contributed by atoms with E-state index >= 15 is 0 Å². The lowest BCUT2D eigenvalue weighted by Gasteiger charge is -2.01. The molecule has 0 amide bonds. The Hall–Kier alpha value is -2.81. The number of nitrogens with zero attached hydrogens (tertiary/aromatic N) is 7. The first kappa shape index (κ1) is 13.8. The van der Waals surface area contributed by atoms with Gasteiger partial charge in [-0.05, 0) is 12.1 Å². The minimum atomic E-state index is -0.510. The first-order valence-corrected chi connectivity index (χ1v) is 7.27. The molecular weight excluding hydrogens is 323 g/mol. The minimum absolute atomic E-state index is 0.0527. The molecule has 0 fully saturated rings. The molecular formula is C13H10ClFN8. The van der Waals surface area contributed by atoms with Gasteiger partial charge in [-0.1, -0.05) is 0 Å². The van der Waals surface area contributed by atoms with Crippen molar-refractivity contribution < 1.29 is 4.39 Å². The third-order valence-electron chi connectivity index (χ3n) is 3.36. The lowest BCUT2D eigenvalue weighted by atomic mass is 10.3. The SMILES string of the molecule is Nc1nc2c(cnn2CCCl)c2nc(-c3ncccc3F)nn12. The van der Waals surface area contributed by atoms with Crippen LogP contribution in [-0.4, -0.2) is 40.2 Å². The van der Waals surface area contributed by atoms with Crippen molar-refractivity contribution in [2.24, 2.45) is 0 Å². The Morgan fingerprint density at radius 2 is 2.13 bits per heavy atom. The summed E-state index contributed by atoms with van der Waals surface area (Å²) in [5.41, 5.74) is 6.98. The molecule has 0 unspecified atom stereocenters. The number of hydrogen-bond acceptors (Lipinski definition) is 6. The van der Waals surface area contributed by atoms with E-state index in [4.69, 9.17) is 17.3 Å². The highest BCUT2D eigenvalue weighted by molar-refractivity contribution is 6.17. The number of fused-ring (bicyclic) bond motifs is 3. The highest BCUT2D eigenvalue weighted by Crippen LogP contribution is 2.23. The second-order valence-electron chi connectivity index (χ2n) is 4.77. The summed E-state index contributed by atoms with van der Waals surface area (Å²) < 4.78 is 16.9. The van der Waals surface area contributed by atoms with Gasteiger partial charge in [0, 0.05) is 12.1 Å². The minimum Gasteiger partial charge on any atom is -0.368 e. The molecule has 4 rings (SSSR count). The number of anilines is 1. The molecule has 10 heteroatoms. The van der Waals surface area contributed by atoms with E-state index < -0.39 is 5.82 Å². The Balaban J connectivity index is 2.00. The van der Waals surface area contributed by atoms with E-state index in [1.807, 2.05) is 0 Å². The van der Waals surface area contributed by atoms with Crippen molar-refractivity contribution in [2.75, 3.05) is 11.6 Å². The Morgan fingerprint density at radius 3 is 2.91 bits per heavy atom. The molecule has 2 N–H and O–H groups in total. The monoisotopic (exact) mass is 332 g/mol. The number of pyridine rings is 1. The zero-order valence-electron chi connectivity index (χ0n) is 11.7. The van der Waals surface area contributed by atoms with Gasteiger partial charge in [-0.3, -0.25) is 0 Å². The quantitative estimate of drug-likeness (QED) is 0.571. The predicted molar refractivity (Wildman–Crippen MR) is 82.4 cm³/mol. The Morgan fingerprint density at radius 1 is 1.26 bits per heavy atom. The van der Waals surface area contributed by atoms with Crippen LogP contribution < -0.4 is 5.73 Å². The van der Waals surface area contributed by atoms with Crippen LogP contribution >= 0.6 is 11.6 Å². The first-order chi connectivity index (χ1) is 11.2. The van der Waals surface area contributed by atoms with Crippen LogP contribution in [0.25, 0.3) is 28.2 Å². The molecule has 0 saturated carbocycles. The van der Waals surface area contributed by atoms with Gasteiger partial charge in [0.1, 0.15) is 5.69 Å². The molecule has 0 aliphatic heterocycles. The average molecular weight is 333 g/mol. The van der Waals surface area contributed by atoms with Crippen LogP contribution in [0.15, 0.2) is 24.5 Å². The molecule has 0 saturated heterocycles. The lowest BCUT2D eigenvalue weighted by molar-refractivity contribution is 0.624. The van der Waals surface area contributed by atoms with E-state index in [0.29, 0.717) is 29.1 Å². The normalized spacial score (nSPS) is 11.6. The molecule has 0 aliphatic rings. The van der Waals surface area contributed by atoms with E-state index in [1.54, 1.807) is 10.9 Å². The van der Waals surface area contributed by atoms with Gasteiger partial charge in [-0.2, -0.15) is 14.6 Å². The Labute approximate surface area is 133 Å². The molecule has 4 heterocycles. The van der Waals surface area contributed by atoms with Gasteiger partial charge in [0.15, 0.2) is 17.1 Å². The zero-order chi connectivity index (χ0) is 16.0. The molecule has 4 aromatic rings. The van der Waals surface area contributed by atoms with Gasteiger partial charge in [0.25, 0.3) is 0 Å². The van der Waals surface area contributed by atoms with Crippen LogP contribution in [0.1, 0.15) is 0 Å². The second-order valence-corrected chi connectivity index (χ2v) is 5.15. The van der Waals surface area contributed by atoms with Crippen LogP contribution in [0, 0.1) is 5.82 Å². The average Bonchev–Trinajstić information content (AvgIpc) is 3.13. The fourth-order valence-corrected chi connectivity index (χ4v) is 2.51. The standard InChI is InChI=1S/C13H10ClFN8/c14-3-5-22-11-7(6-18-22)12-19-10(21-23(12)13(16)20-11)9-8(15)2-1-4-17-9/h1-2,4,6H,3,5H2,(H2,16,20). The molecule has 0 atom stereocenters. The second kappa shape index (κ2) is 5.13. The number of aryl methyl sites for hydroxylation is 1. The van der Waals surface area contributed by atoms with E-state index in [1.165, 1.54) is 22.8 Å². The summed E-state index contributed by atoms with van der Waals surface area (Å²) in [6.07, 6.45) is 3.08. The maximum absolute atomic E-state index is 13.9. The van der Waals surface area contributed by atoms with Gasteiger partial charge in [0.2, 0.25) is 11.8 Å². The van der Waals surface area contributed by atoms with Crippen LogP contribution in [0.4, 0.5) is 10.3 Å². The Bertz CT molecular complexity index is 1020. The topological polar surface area (TPSA) is 99.8 Å². The summed E-state index contributed by atoms with van der Waals surface area (Å²) in [6, 6.07) is 2.79. The van der Waals surface area contributed by atoms with Gasteiger partial charge in [-0.25, -0.2) is 19.0 Å². The molecule has 0 aliphatic carbocycles. The summed E-state index contributed by atoms with van der Waals surface area (Å²) in [4.78, 5) is 12.6. The van der Waals surface area contributed by atoms with E-state index in [9.17, 15) is 4.39 Å². The third kappa shape index (κ3) is 2.08. The summed E-state index contributed by atoms with van der Waals surface area (Å²) in [7, 11) is 0. The molecule has 0 aromatic carbocycles. The van der Waals surface area contributed by atoms with Crippen molar-refractivity contribution in [3.05, 3.63) is 30.3 Å². The van der Waals surface area contributed by atoms with Gasteiger partial charge in [-0.15, -0.1) is 16.7 Å². The van der Waals surface area contributed by atoms with Crippen molar-refractivity contribution in [1.29, 1.82) is 0 Å². The molecule has 0 bridgehead atoms. The van der Waals surface area contributed by atoms with Crippen molar-refractivity contribution in [3.63, 3.8) is 0 Å². The number of nitrogen functional groups attached to an aromatic ring is 1. The summed E-state index contributed by atoms with van der Waals surface area (Å²) in [5.74, 6) is 0.137. The van der Waals surface area contributed by atoms with E-state index in [-0.39, 0.29) is 17.5 Å². The fraction of sp³-hybridized carbons (Fsp3) is 0.154. The summed E-state index contributed by atoms with van der Waals surface area (Å²) in [5, 5.41) is 9.07. The zero-order valence-corrected chi connectivity index (χ0v) is 12.4. The highest BCUT2D eigenvalue weighted by Gasteiger charge is 2.18. The van der Waals surface area contributed by atoms with Crippen molar-refractivity contribution in [3.8, 4) is 11.5 Å². The maximum Gasteiger partial charge on any atom is 0.225 e. The molecule has 8 nitrogen and oxygen atoms in total. The smallest absolute Gasteiger partial charge is 0.225 e. The number of aromatic nitrogens is 7. The fourth-order valence-electron chi connectivity index (χ4n) is 2.35. The molecule has 0 spiro atoms. The molecule has 23 heavy (non-hydrogen) atoms. The number of alkyl halides is 1. The Kier molecular flexibility index (Phi) is 3.08. The maximum atomic E-state index is 13.9. The number of hydrogen-bond donors (Lipinski definition) is 1. The highest BCUT2D eigenvalue weighted by atomic mass is 35.5. The van der Waals surface area contributed by atoms with Crippen molar-refractivity contribution in [2.45, 2.75) is 6.54 Å². The van der Waals surface area contributed by atoms with Gasteiger partial charge < -0.3 is 5.73 Å². The summed E-state index contributed by atoms with van der Waals surface area (Å²) >= 11 is 5.75. The van der Waals surface area contributed by atoms with E-state index in [2.05, 4.69) is 25.1 Å². The molecule has 0 radical (unpaired) electrons. The van der Waals surface area contributed by atoms with Crippen LogP contribution in [0.2, 0.25) is 0 Å². The van der Waals surface area contributed by atoms with E-state index in [0.717, 1.165) is 0 Å². The molecule has 116 valence electrons. The molecule has 4 aromatic heterocycles. The number of rotatable bonds is 3. The van der Waals surface area contributed by atoms with Crippen LogP contribution in [0.5, 0.6) is 0 Å². The van der Waals surface area contributed by atoms with Crippen molar-refractivity contribution >= 4 is 34.2 Å². The predicted octanol–water partition coefficient (Wildman–Crippen LogP) is 1.50. The van der Waals surface area contributed by atoms with Crippen LogP contribution in [-0.2, 0) is 6.54 Å². The number of halogens is 2. The third-order valence-corrected chi connectivity index (χ3v) is 3.53. The summed E-state index contributed by atoms with van der Waals surface area (Å²) in [6.45, 7) is 0.490. The lowest BCUT2D eigenvalue weighted by Crippen LogP contribution is -2.06. The van der Waals surface area contributed by atoms with Crippen molar-refractivity contribution in [1.82, 2.24) is 34.3 Å². The largest absolute Gasteiger partial charge is 0.368 e. The van der Waals surface area contributed by atoms with Gasteiger partial charge in [0.05, 0.1) is 18.1 Å². The first-order valence-electron chi connectivity index (χ1n) is 6.73. The number of nitrogens with two attached hydrogens (primary N) is 1. The van der Waals surface area contributed by atoms with Gasteiger partial charge >= 0.3 is 0 Å². The van der Waals surface area contributed by atoms with Crippen LogP contribution in [0.3, 0.4) is 0 Å².